The fourth-order valence-electron chi connectivity index (χ4n) is 6.56. The van der Waals surface area contributed by atoms with Gasteiger partial charge in [0, 0.05) is 24.9 Å². The zero-order chi connectivity index (χ0) is 31.4. The van der Waals surface area contributed by atoms with E-state index in [0.717, 1.165) is 70.0 Å². The first-order valence-electron chi connectivity index (χ1n) is 17.3. The van der Waals surface area contributed by atoms with Crippen molar-refractivity contribution in [1.82, 2.24) is 0 Å². The van der Waals surface area contributed by atoms with Crippen molar-refractivity contribution < 1.29 is 28.4 Å². The van der Waals surface area contributed by atoms with Crippen LogP contribution >= 0.6 is 0 Å². The predicted octanol–water partition coefficient (Wildman–Crippen LogP) is 7.26. The molecule has 6 heteroatoms. The van der Waals surface area contributed by atoms with Crippen LogP contribution in [0.25, 0.3) is 0 Å². The number of hydrogen-bond donors (Lipinski definition) is 0. The van der Waals surface area contributed by atoms with E-state index in [1.54, 1.807) is 0 Å². The molecule has 4 heterocycles. The Bertz CT molecular complexity index is 1510. The van der Waals surface area contributed by atoms with Gasteiger partial charge in [0.25, 0.3) is 0 Å². The molecule has 0 saturated carbocycles. The lowest BCUT2D eigenvalue weighted by atomic mass is 9.73. The quantitative estimate of drug-likeness (QED) is 0.114. The van der Waals surface area contributed by atoms with E-state index in [4.69, 9.17) is 28.4 Å². The van der Waals surface area contributed by atoms with Crippen molar-refractivity contribution in [1.29, 1.82) is 0 Å². The first kappa shape index (κ1) is 30.6. The molecule has 0 bridgehead atoms. The molecule has 6 atom stereocenters. The van der Waals surface area contributed by atoms with Crippen LogP contribution in [0.5, 0.6) is 11.5 Å². The summed E-state index contributed by atoms with van der Waals surface area (Å²) < 4.78 is 34.0. The van der Waals surface area contributed by atoms with Crippen molar-refractivity contribution in [2.45, 2.75) is 68.4 Å². The van der Waals surface area contributed by atoms with E-state index in [-0.39, 0.29) is 24.0 Å². The van der Waals surface area contributed by atoms with Crippen LogP contribution in [0.4, 0.5) is 0 Å². The molecule has 4 aromatic carbocycles. The van der Waals surface area contributed by atoms with Gasteiger partial charge >= 0.3 is 0 Å². The highest BCUT2D eigenvalue weighted by Crippen LogP contribution is 2.44. The average Bonchev–Trinajstić information content (AvgIpc) is 3.94. The minimum Gasteiger partial charge on any atom is -0.491 e. The van der Waals surface area contributed by atoms with Crippen LogP contribution in [0.3, 0.4) is 0 Å². The molecule has 244 valence electrons. The summed E-state index contributed by atoms with van der Waals surface area (Å²) in [6.07, 6.45) is 6.62. The third-order valence-electron chi connectivity index (χ3n) is 9.87. The molecule has 8 rings (SSSR count). The van der Waals surface area contributed by atoms with Crippen LogP contribution in [0, 0.1) is 0 Å². The number of aryl methyl sites for hydroxylation is 2. The lowest BCUT2D eigenvalue weighted by molar-refractivity contribution is -0.0720. The second-order valence-corrected chi connectivity index (χ2v) is 13.4. The highest BCUT2D eigenvalue weighted by molar-refractivity contribution is 5.47. The lowest BCUT2D eigenvalue weighted by Gasteiger charge is -2.30. The van der Waals surface area contributed by atoms with Gasteiger partial charge in [0.2, 0.25) is 0 Å². The van der Waals surface area contributed by atoms with Gasteiger partial charge in [-0.15, -0.1) is 0 Å². The van der Waals surface area contributed by atoms with Gasteiger partial charge in [-0.2, -0.15) is 0 Å². The zero-order valence-electron chi connectivity index (χ0n) is 26.9. The summed E-state index contributed by atoms with van der Waals surface area (Å²) in [6.45, 7) is 4.62. The minimum absolute atomic E-state index is 0.0807. The molecular weight excluding hydrogens is 588 g/mol. The third kappa shape index (κ3) is 8.25. The third-order valence-corrected chi connectivity index (χ3v) is 9.87. The van der Waals surface area contributed by atoms with Crippen molar-refractivity contribution in [2.75, 3.05) is 39.6 Å². The molecule has 0 radical (unpaired) electrons. The molecule has 0 N–H and O–H groups in total. The molecule has 4 aliphatic heterocycles. The van der Waals surface area contributed by atoms with Crippen LogP contribution in [0.2, 0.25) is 0 Å². The van der Waals surface area contributed by atoms with E-state index >= 15 is 0 Å². The zero-order valence-corrected chi connectivity index (χ0v) is 26.9. The molecule has 4 aromatic rings. The highest BCUT2D eigenvalue weighted by Gasteiger charge is 2.30. The first-order valence-corrected chi connectivity index (χ1v) is 17.3. The maximum Gasteiger partial charge on any atom is 0.119 e. The van der Waals surface area contributed by atoms with Crippen molar-refractivity contribution in [3.63, 3.8) is 0 Å². The fourth-order valence-corrected chi connectivity index (χ4v) is 6.56. The van der Waals surface area contributed by atoms with Crippen LogP contribution < -0.4 is 9.47 Å². The normalized spacial score (nSPS) is 23.7. The van der Waals surface area contributed by atoms with Crippen LogP contribution in [0.15, 0.2) is 97.1 Å². The highest BCUT2D eigenvalue weighted by atomic mass is 16.6. The SMILES string of the molecule is c1cc(C(c2ccc(OCC3CCO3)cc2)C(c2ccc(CCC3CO3)cc2)c2ccc(OCC3CO3)cc2)ccc1CCC1CO1. The molecule has 47 heavy (non-hydrogen) atoms. The van der Waals surface area contributed by atoms with Gasteiger partial charge in [0.1, 0.15) is 30.8 Å². The smallest absolute Gasteiger partial charge is 0.119 e. The number of rotatable bonds is 17. The maximum absolute atomic E-state index is 6.09. The molecule has 0 amide bonds. The van der Waals surface area contributed by atoms with Crippen molar-refractivity contribution >= 4 is 0 Å². The van der Waals surface area contributed by atoms with E-state index in [2.05, 4.69) is 97.1 Å². The molecule has 0 aromatic heterocycles. The number of benzene rings is 4. The first-order chi connectivity index (χ1) is 23.2. The number of epoxide rings is 3. The second kappa shape index (κ2) is 14.2. The summed E-state index contributed by atoms with van der Waals surface area (Å²) in [7, 11) is 0. The summed E-state index contributed by atoms with van der Waals surface area (Å²) in [4.78, 5) is 0. The van der Waals surface area contributed by atoms with E-state index < -0.39 is 0 Å². The number of hydrogen-bond acceptors (Lipinski definition) is 6. The maximum atomic E-state index is 6.09. The Morgan fingerprint density at radius 1 is 0.468 bits per heavy atom. The summed E-state index contributed by atoms with van der Waals surface area (Å²) >= 11 is 0. The predicted molar refractivity (Wildman–Crippen MR) is 181 cm³/mol. The van der Waals surface area contributed by atoms with Crippen molar-refractivity contribution in [3.8, 4) is 11.5 Å². The molecule has 0 spiro atoms. The van der Waals surface area contributed by atoms with Gasteiger partial charge < -0.3 is 28.4 Å². The Morgan fingerprint density at radius 3 is 1.17 bits per heavy atom. The summed E-state index contributed by atoms with van der Waals surface area (Å²) in [5, 5.41) is 0. The van der Waals surface area contributed by atoms with E-state index in [1.165, 1.54) is 33.4 Å². The molecule has 6 unspecified atom stereocenters. The molecule has 6 nitrogen and oxygen atoms in total. The molecular formula is C41H44O6. The minimum atomic E-state index is 0.0807. The Labute approximate surface area is 277 Å². The fraction of sp³-hybridized carbons (Fsp3) is 0.415. The van der Waals surface area contributed by atoms with E-state index in [0.29, 0.717) is 25.4 Å². The Morgan fingerprint density at radius 2 is 0.830 bits per heavy atom. The largest absolute Gasteiger partial charge is 0.491 e. The van der Waals surface area contributed by atoms with Crippen LogP contribution in [-0.4, -0.2) is 64.1 Å². The van der Waals surface area contributed by atoms with Gasteiger partial charge in [-0.3, -0.25) is 0 Å². The Kier molecular flexibility index (Phi) is 9.26. The molecule has 0 aliphatic carbocycles. The number of ether oxygens (including phenoxy) is 6. The van der Waals surface area contributed by atoms with Gasteiger partial charge in [0.05, 0.1) is 38.1 Å². The van der Waals surface area contributed by atoms with Crippen LogP contribution in [0.1, 0.15) is 64.5 Å². The molecule has 4 saturated heterocycles. The van der Waals surface area contributed by atoms with Crippen molar-refractivity contribution in [2.24, 2.45) is 0 Å². The van der Waals surface area contributed by atoms with E-state index in [1.807, 2.05) is 0 Å². The lowest BCUT2D eigenvalue weighted by Crippen LogP contribution is -2.32. The van der Waals surface area contributed by atoms with E-state index in [9.17, 15) is 0 Å². The second-order valence-electron chi connectivity index (χ2n) is 13.4. The molecule has 4 fully saturated rings. The Balaban J connectivity index is 1.12. The monoisotopic (exact) mass is 632 g/mol. The van der Waals surface area contributed by atoms with Gasteiger partial charge in [0.15, 0.2) is 0 Å². The topological polar surface area (TPSA) is 65.3 Å². The van der Waals surface area contributed by atoms with Crippen LogP contribution in [-0.2, 0) is 31.8 Å². The summed E-state index contributed by atoms with van der Waals surface area (Å²) in [6, 6.07) is 35.9. The van der Waals surface area contributed by atoms with Gasteiger partial charge in [-0.1, -0.05) is 72.8 Å². The van der Waals surface area contributed by atoms with Crippen molar-refractivity contribution in [3.05, 3.63) is 130 Å². The standard InChI is InChI=1S/C41H44O6/c1-7-30(8-2-28(1)5-15-36-23-45-36)40(32-11-17-34(18-12-32)43-25-38-21-22-42-38)41(31-9-3-29(4-10-31)6-16-37-24-46-37)33-13-19-35(20-14-33)44-26-39-27-47-39/h1-4,7-14,17-20,36-41H,5-6,15-16,21-27H2. The Hall–Kier alpha value is -3.68. The van der Waals surface area contributed by atoms with Gasteiger partial charge in [-0.05, 0) is 83.3 Å². The average molecular weight is 633 g/mol. The van der Waals surface area contributed by atoms with Gasteiger partial charge in [-0.25, -0.2) is 0 Å². The summed E-state index contributed by atoms with van der Waals surface area (Å²) in [5.74, 6) is 1.91. The summed E-state index contributed by atoms with van der Waals surface area (Å²) in [5.41, 5.74) is 7.79. The molecule has 4 aliphatic rings.